The minimum absolute atomic E-state index is 0.130. The summed E-state index contributed by atoms with van der Waals surface area (Å²) in [6, 6.07) is 21.1. The summed E-state index contributed by atoms with van der Waals surface area (Å²) < 4.78 is 29.5. The van der Waals surface area contributed by atoms with Gasteiger partial charge in [-0.05, 0) is 51.0 Å². The van der Waals surface area contributed by atoms with E-state index in [0.29, 0.717) is 5.57 Å². The van der Waals surface area contributed by atoms with Gasteiger partial charge in [0.2, 0.25) is 10.0 Å². The summed E-state index contributed by atoms with van der Waals surface area (Å²) in [5.74, 6) is -0.130. The van der Waals surface area contributed by atoms with E-state index in [2.05, 4.69) is 0 Å². The summed E-state index contributed by atoms with van der Waals surface area (Å²) in [7, 11) is -3.91. The highest BCUT2D eigenvalue weighted by molar-refractivity contribution is 7.89. The fourth-order valence-electron chi connectivity index (χ4n) is 4.14. The molecule has 3 aromatic rings. The fraction of sp³-hybridized carbons (Fsp3) is 0.222. The lowest BCUT2D eigenvalue weighted by atomic mass is 9.97. The van der Waals surface area contributed by atoms with Crippen molar-refractivity contribution in [3.05, 3.63) is 112 Å². The Morgan fingerprint density at radius 3 is 1.62 bits per heavy atom. The summed E-state index contributed by atoms with van der Waals surface area (Å²) in [4.78, 5) is 12.9. The molecular weight excluding hydrogens is 418 g/mol. The monoisotopic (exact) mass is 445 g/mol. The van der Waals surface area contributed by atoms with E-state index in [1.165, 1.54) is 11.2 Å². The van der Waals surface area contributed by atoms with Crippen molar-refractivity contribution in [2.45, 2.75) is 44.7 Å². The van der Waals surface area contributed by atoms with Gasteiger partial charge < -0.3 is 0 Å². The van der Waals surface area contributed by atoms with Gasteiger partial charge in [-0.15, -0.1) is 0 Å². The number of Topliss-reactive ketones (excluding diaryl/α,β-unsaturated/α-hetero) is 1. The smallest absolute Gasteiger partial charge is 0.244 e. The van der Waals surface area contributed by atoms with Gasteiger partial charge in [0.1, 0.15) is 0 Å². The quantitative estimate of drug-likeness (QED) is 0.513. The second kappa shape index (κ2) is 8.49. The topological polar surface area (TPSA) is 54.5 Å². The van der Waals surface area contributed by atoms with Gasteiger partial charge in [0.05, 0.1) is 17.0 Å². The third-order valence-electron chi connectivity index (χ3n) is 5.98. The molecule has 32 heavy (non-hydrogen) atoms. The molecule has 0 aromatic heterocycles. The molecule has 5 heteroatoms. The van der Waals surface area contributed by atoms with Gasteiger partial charge in [0, 0.05) is 5.57 Å². The van der Waals surface area contributed by atoms with Gasteiger partial charge in [-0.2, -0.15) is 4.31 Å². The average Bonchev–Trinajstić information content (AvgIpc) is 3.17. The number of hydrogen-bond donors (Lipinski definition) is 0. The lowest BCUT2D eigenvalue weighted by molar-refractivity contribution is -0.114. The maximum Gasteiger partial charge on any atom is 0.244 e. The molecule has 0 amide bonds. The van der Waals surface area contributed by atoms with Gasteiger partial charge >= 0.3 is 0 Å². The van der Waals surface area contributed by atoms with Gasteiger partial charge in [0.25, 0.3) is 0 Å². The molecule has 0 saturated heterocycles. The SMILES string of the molecule is CC(=O)C1=C[C@@H](c2ccc(C)cc2)N(S(=O)(=O)c2ccc(C)cc2)[C@H]1c1ccc(C)cc1. The van der Waals surface area contributed by atoms with Crippen LogP contribution in [0.15, 0.2) is 89.3 Å². The number of ketones is 1. The second-order valence-corrected chi connectivity index (χ2v) is 10.3. The molecule has 0 fully saturated rings. The number of carbonyl (C=O) groups excluding carboxylic acids is 1. The molecule has 1 aliphatic heterocycles. The Morgan fingerprint density at radius 1 is 0.719 bits per heavy atom. The molecule has 2 atom stereocenters. The molecule has 0 aliphatic carbocycles. The second-order valence-electron chi connectivity index (χ2n) is 8.49. The van der Waals surface area contributed by atoms with Gasteiger partial charge in [0.15, 0.2) is 5.78 Å². The van der Waals surface area contributed by atoms with Crippen LogP contribution in [-0.4, -0.2) is 18.5 Å². The van der Waals surface area contributed by atoms with Crippen molar-refractivity contribution >= 4 is 15.8 Å². The third kappa shape index (κ3) is 4.06. The number of benzene rings is 3. The largest absolute Gasteiger partial charge is 0.295 e. The minimum atomic E-state index is -3.91. The van der Waals surface area contributed by atoms with Gasteiger partial charge in [-0.3, -0.25) is 4.79 Å². The van der Waals surface area contributed by atoms with Gasteiger partial charge in [-0.1, -0.05) is 83.4 Å². The van der Waals surface area contributed by atoms with Crippen LogP contribution in [0.4, 0.5) is 0 Å². The van der Waals surface area contributed by atoms with Crippen LogP contribution < -0.4 is 0 Å². The zero-order valence-corrected chi connectivity index (χ0v) is 19.6. The summed E-state index contributed by atoms with van der Waals surface area (Å²) in [6.07, 6.45) is 1.81. The molecular formula is C27H27NO3S. The minimum Gasteiger partial charge on any atom is -0.295 e. The van der Waals surface area contributed by atoms with E-state index < -0.39 is 22.1 Å². The summed E-state index contributed by atoms with van der Waals surface area (Å²) in [5, 5.41) is 0. The number of carbonyl (C=O) groups is 1. The molecule has 0 spiro atoms. The maximum atomic E-state index is 14.0. The van der Waals surface area contributed by atoms with Crippen LogP contribution in [0.3, 0.4) is 0 Å². The molecule has 3 aromatic carbocycles. The zero-order chi connectivity index (χ0) is 23.0. The Hall–Kier alpha value is -3.02. The highest BCUT2D eigenvalue weighted by Crippen LogP contribution is 2.47. The molecule has 4 nitrogen and oxygen atoms in total. The number of sulfonamides is 1. The van der Waals surface area contributed by atoms with Crippen LogP contribution in [0, 0.1) is 20.8 Å². The highest BCUT2D eigenvalue weighted by atomic mass is 32.2. The third-order valence-corrected chi connectivity index (χ3v) is 7.84. The lowest BCUT2D eigenvalue weighted by Crippen LogP contribution is -2.35. The molecule has 0 radical (unpaired) electrons. The molecule has 0 bridgehead atoms. The molecule has 164 valence electrons. The summed E-state index contributed by atoms with van der Waals surface area (Å²) >= 11 is 0. The number of hydrogen-bond acceptors (Lipinski definition) is 3. The van der Waals surface area contributed by atoms with Crippen molar-refractivity contribution in [3.63, 3.8) is 0 Å². The van der Waals surface area contributed by atoms with Crippen LogP contribution in [0.2, 0.25) is 0 Å². The van der Waals surface area contributed by atoms with Crippen LogP contribution in [-0.2, 0) is 14.8 Å². The Labute approximate surface area is 190 Å². The van der Waals surface area contributed by atoms with Crippen molar-refractivity contribution < 1.29 is 13.2 Å². The van der Waals surface area contributed by atoms with Gasteiger partial charge in [-0.25, -0.2) is 8.42 Å². The first-order chi connectivity index (χ1) is 15.2. The van der Waals surface area contributed by atoms with Crippen molar-refractivity contribution in [2.75, 3.05) is 0 Å². The first-order valence-electron chi connectivity index (χ1n) is 10.6. The standard InChI is InChI=1S/C27H27NO3S/c1-18-5-11-22(12-6-18)26-17-25(21(4)29)27(23-13-7-19(2)8-14-23)28(26)32(30,31)24-15-9-20(3)10-16-24/h5-17,26-27H,1-4H3/t26-,27-/m0/s1. The van der Waals surface area contributed by atoms with Crippen molar-refractivity contribution in [2.24, 2.45) is 0 Å². The first kappa shape index (κ1) is 22.2. The van der Waals surface area contributed by atoms with Crippen LogP contribution >= 0.6 is 0 Å². The predicted octanol–water partition coefficient (Wildman–Crippen LogP) is 5.61. The van der Waals surface area contributed by atoms with E-state index in [1.807, 2.05) is 75.4 Å². The first-order valence-corrected chi connectivity index (χ1v) is 12.1. The molecule has 4 rings (SSSR count). The van der Waals surface area contributed by atoms with Crippen molar-refractivity contribution in [1.29, 1.82) is 0 Å². The highest BCUT2D eigenvalue weighted by Gasteiger charge is 2.45. The van der Waals surface area contributed by atoms with Crippen LogP contribution in [0.1, 0.15) is 46.8 Å². The number of nitrogens with zero attached hydrogens (tertiary/aromatic N) is 1. The van der Waals surface area contributed by atoms with E-state index in [-0.39, 0.29) is 10.7 Å². The van der Waals surface area contributed by atoms with Crippen molar-refractivity contribution in [1.82, 2.24) is 4.31 Å². The Morgan fingerprint density at radius 2 is 1.16 bits per heavy atom. The summed E-state index contributed by atoms with van der Waals surface area (Å²) in [6.45, 7) is 7.40. The molecule has 0 N–H and O–H groups in total. The van der Waals surface area contributed by atoms with Crippen LogP contribution in [0.25, 0.3) is 0 Å². The van der Waals surface area contributed by atoms with E-state index in [4.69, 9.17) is 0 Å². The van der Waals surface area contributed by atoms with E-state index in [9.17, 15) is 13.2 Å². The van der Waals surface area contributed by atoms with Crippen LogP contribution in [0.5, 0.6) is 0 Å². The predicted molar refractivity (Wildman–Crippen MR) is 127 cm³/mol. The van der Waals surface area contributed by atoms with Crippen molar-refractivity contribution in [3.8, 4) is 0 Å². The van der Waals surface area contributed by atoms with E-state index in [0.717, 1.165) is 27.8 Å². The summed E-state index contributed by atoms with van der Waals surface area (Å²) in [5.41, 5.74) is 5.25. The number of aryl methyl sites for hydroxylation is 3. The normalized spacial score (nSPS) is 19.1. The van der Waals surface area contributed by atoms with E-state index in [1.54, 1.807) is 24.3 Å². The molecule has 0 unspecified atom stereocenters. The molecule has 0 saturated carbocycles. The molecule has 1 aliphatic rings. The maximum absolute atomic E-state index is 14.0. The lowest BCUT2D eigenvalue weighted by Gasteiger charge is -2.31. The zero-order valence-electron chi connectivity index (χ0n) is 18.7. The van der Waals surface area contributed by atoms with E-state index >= 15 is 0 Å². The fourth-order valence-corrected chi connectivity index (χ4v) is 5.86. The number of rotatable bonds is 5. The molecule has 1 heterocycles. The Bertz CT molecular complexity index is 1270. The Balaban J connectivity index is 1.93. The Kier molecular flexibility index (Phi) is 5.89. The average molecular weight is 446 g/mol.